The SMILES string of the molecule is CCCCCCN1CCC(c2n[nH]c3ccc(NC(=O)c4ccc(F)cc4)cc23)CC1. The van der Waals surface area contributed by atoms with Gasteiger partial charge in [0.1, 0.15) is 5.82 Å². The fourth-order valence-electron chi connectivity index (χ4n) is 4.42. The first-order valence-electron chi connectivity index (χ1n) is 11.4. The largest absolute Gasteiger partial charge is 0.322 e. The summed E-state index contributed by atoms with van der Waals surface area (Å²) in [5.41, 5.74) is 3.23. The minimum absolute atomic E-state index is 0.249. The molecule has 0 atom stereocenters. The van der Waals surface area contributed by atoms with Crippen LogP contribution in [-0.2, 0) is 0 Å². The number of piperidine rings is 1. The normalized spacial score (nSPS) is 15.4. The second kappa shape index (κ2) is 10.1. The summed E-state index contributed by atoms with van der Waals surface area (Å²) < 4.78 is 13.1. The highest BCUT2D eigenvalue weighted by molar-refractivity contribution is 6.05. The average Bonchev–Trinajstić information content (AvgIpc) is 3.21. The maximum Gasteiger partial charge on any atom is 0.255 e. The van der Waals surface area contributed by atoms with Crippen molar-refractivity contribution in [3.05, 3.63) is 59.5 Å². The van der Waals surface area contributed by atoms with Gasteiger partial charge in [0.05, 0.1) is 11.2 Å². The van der Waals surface area contributed by atoms with E-state index >= 15 is 0 Å². The van der Waals surface area contributed by atoms with Crippen LogP contribution in [0.3, 0.4) is 0 Å². The first-order valence-corrected chi connectivity index (χ1v) is 11.4. The van der Waals surface area contributed by atoms with Gasteiger partial charge in [0, 0.05) is 22.6 Å². The Balaban J connectivity index is 1.40. The molecule has 4 rings (SSSR count). The van der Waals surface area contributed by atoms with Crippen LogP contribution in [0.2, 0.25) is 0 Å². The summed E-state index contributed by atoms with van der Waals surface area (Å²) in [4.78, 5) is 15.1. The summed E-state index contributed by atoms with van der Waals surface area (Å²) in [6, 6.07) is 11.4. The number of aromatic nitrogens is 2. The number of hydrogen-bond acceptors (Lipinski definition) is 3. The molecule has 1 amide bonds. The van der Waals surface area contributed by atoms with Crippen molar-refractivity contribution < 1.29 is 9.18 Å². The van der Waals surface area contributed by atoms with Crippen molar-refractivity contribution in [3.8, 4) is 0 Å². The maximum atomic E-state index is 13.1. The topological polar surface area (TPSA) is 61.0 Å². The van der Waals surface area contributed by atoms with E-state index in [2.05, 4.69) is 27.3 Å². The lowest BCUT2D eigenvalue weighted by Crippen LogP contribution is -2.33. The van der Waals surface area contributed by atoms with Crippen molar-refractivity contribution >= 4 is 22.5 Å². The third-order valence-electron chi connectivity index (χ3n) is 6.26. The molecule has 2 N–H and O–H groups in total. The number of hydrogen-bond donors (Lipinski definition) is 2. The number of carbonyl (C=O) groups excluding carboxylic acids is 1. The van der Waals surface area contributed by atoms with E-state index in [-0.39, 0.29) is 11.7 Å². The Kier molecular flexibility index (Phi) is 6.97. The van der Waals surface area contributed by atoms with Crippen molar-refractivity contribution in [2.75, 3.05) is 25.0 Å². The lowest BCUT2D eigenvalue weighted by Gasteiger charge is -2.31. The number of unbranched alkanes of at least 4 members (excludes halogenated alkanes) is 3. The van der Waals surface area contributed by atoms with Crippen LogP contribution >= 0.6 is 0 Å². The number of anilines is 1. The summed E-state index contributed by atoms with van der Waals surface area (Å²) >= 11 is 0. The van der Waals surface area contributed by atoms with Crippen molar-refractivity contribution in [1.82, 2.24) is 15.1 Å². The summed E-state index contributed by atoms with van der Waals surface area (Å²) in [6.45, 7) is 5.69. The second-order valence-electron chi connectivity index (χ2n) is 8.51. The van der Waals surface area contributed by atoms with Crippen LogP contribution in [0.1, 0.15) is 67.4 Å². The molecule has 2 aromatic carbocycles. The van der Waals surface area contributed by atoms with Crippen LogP contribution in [0.5, 0.6) is 0 Å². The Morgan fingerprint density at radius 3 is 2.65 bits per heavy atom. The van der Waals surface area contributed by atoms with E-state index in [9.17, 15) is 9.18 Å². The number of carbonyl (C=O) groups is 1. The highest BCUT2D eigenvalue weighted by Gasteiger charge is 2.24. The molecule has 164 valence electrons. The average molecular weight is 423 g/mol. The number of fused-ring (bicyclic) bond motifs is 1. The van der Waals surface area contributed by atoms with Crippen LogP contribution in [0.15, 0.2) is 42.5 Å². The third kappa shape index (κ3) is 5.31. The van der Waals surface area contributed by atoms with Gasteiger partial charge in [-0.2, -0.15) is 5.10 Å². The Morgan fingerprint density at radius 1 is 1.13 bits per heavy atom. The van der Waals surface area contributed by atoms with Gasteiger partial charge in [-0.15, -0.1) is 0 Å². The van der Waals surface area contributed by atoms with Gasteiger partial charge in [-0.3, -0.25) is 9.89 Å². The minimum atomic E-state index is -0.354. The van der Waals surface area contributed by atoms with Gasteiger partial charge < -0.3 is 10.2 Å². The summed E-state index contributed by atoms with van der Waals surface area (Å²) in [7, 11) is 0. The number of benzene rings is 2. The fraction of sp³-hybridized carbons (Fsp3) is 0.440. The molecule has 1 aromatic heterocycles. The predicted octanol–water partition coefficient (Wildman–Crippen LogP) is 5.71. The van der Waals surface area contributed by atoms with Gasteiger partial charge in [-0.1, -0.05) is 26.2 Å². The number of likely N-dealkylation sites (tertiary alicyclic amines) is 1. The molecular weight excluding hydrogens is 391 g/mol. The van der Waals surface area contributed by atoms with Gasteiger partial charge in [0.15, 0.2) is 0 Å². The molecule has 0 radical (unpaired) electrons. The zero-order chi connectivity index (χ0) is 21.6. The zero-order valence-electron chi connectivity index (χ0n) is 18.2. The molecule has 1 aliphatic rings. The third-order valence-corrected chi connectivity index (χ3v) is 6.26. The van der Waals surface area contributed by atoms with Crippen LogP contribution in [-0.4, -0.2) is 40.6 Å². The van der Waals surface area contributed by atoms with Gasteiger partial charge in [0.2, 0.25) is 0 Å². The molecular formula is C25H31FN4O. The molecule has 31 heavy (non-hydrogen) atoms. The van der Waals surface area contributed by atoms with Crippen LogP contribution < -0.4 is 5.32 Å². The van der Waals surface area contributed by atoms with Crippen LogP contribution in [0.25, 0.3) is 10.9 Å². The van der Waals surface area contributed by atoms with E-state index in [0.717, 1.165) is 48.2 Å². The predicted molar refractivity (Wildman–Crippen MR) is 123 cm³/mol. The molecule has 1 fully saturated rings. The van der Waals surface area contributed by atoms with E-state index in [0.29, 0.717) is 11.5 Å². The molecule has 0 aliphatic carbocycles. The fourth-order valence-corrected chi connectivity index (χ4v) is 4.42. The number of aromatic amines is 1. The molecule has 0 saturated carbocycles. The van der Waals surface area contributed by atoms with E-state index in [1.807, 2.05) is 18.2 Å². The zero-order valence-corrected chi connectivity index (χ0v) is 18.2. The Morgan fingerprint density at radius 2 is 1.90 bits per heavy atom. The summed E-state index contributed by atoms with van der Waals surface area (Å²) in [5.74, 6) is -0.169. The molecule has 3 aromatic rings. The van der Waals surface area contributed by atoms with Gasteiger partial charge >= 0.3 is 0 Å². The van der Waals surface area contributed by atoms with Crippen molar-refractivity contribution in [2.24, 2.45) is 0 Å². The molecule has 0 unspecified atom stereocenters. The summed E-state index contributed by atoms with van der Waals surface area (Å²) in [6.07, 6.45) is 7.45. The minimum Gasteiger partial charge on any atom is -0.322 e. The van der Waals surface area contributed by atoms with Crippen LogP contribution in [0, 0.1) is 5.82 Å². The first kappa shape index (κ1) is 21.5. The lowest BCUT2D eigenvalue weighted by molar-refractivity contribution is 0.102. The highest BCUT2D eigenvalue weighted by atomic mass is 19.1. The first-order chi connectivity index (χ1) is 15.1. The van der Waals surface area contributed by atoms with Crippen molar-refractivity contribution in [3.63, 3.8) is 0 Å². The van der Waals surface area contributed by atoms with Crippen molar-refractivity contribution in [1.29, 1.82) is 0 Å². The van der Waals surface area contributed by atoms with Crippen molar-refractivity contribution in [2.45, 2.75) is 51.4 Å². The molecule has 2 heterocycles. The number of amides is 1. The van der Waals surface area contributed by atoms with E-state index < -0.39 is 0 Å². The number of rotatable bonds is 8. The Hall–Kier alpha value is -2.73. The molecule has 0 spiro atoms. The monoisotopic (exact) mass is 422 g/mol. The quantitative estimate of drug-likeness (QED) is 0.457. The maximum absolute atomic E-state index is 13.1. The van der Waals surface area contributed by atoms with E-state index in [1.54, 1.807) is 0 Å². The number of nitrogens with one attached hydrogen (secondary N) is 2. The van der Waals surface area contributed by atoms with E-state index in [4.69, 9.17) is 0 Å². The standard InChI is InChI=1S/C25H31FN4O/c1-2-3-4-5-14-30-15-12-18(13-16-30)24-22-17-21(10-11-23(22)28-29-24)27-25(31)19-6-8-20(26)9-7-19/h6-11,17-18H,2-5,12-16H2,1H3,(H,27,31)(H,28,29). The number of nitrogens with zero attached hydrogens (tertiary/aromatic N) is 2. The molecule has 1 saturated heterocycles. The molecule has 5 nitrogen and oxygen atoms in total. The molecule has 6 heteroatoms. The molecule has 1 aliphatic heterocycles. The number of halogens is 1. The Bertz CT molecular complexity index is 1010. The van der Waals surface area contributed by atoms with Gasteiger partial charge in [-0.25, -0.2) is 4.39 Å². The molecule has 0 bridgehead atoms. The smallest absolute Gasteiger partial charge is 0.255 e. The Labute approximate surface area is 183 Å². The summed E-state index contributed by atoms with van der Waals surface area (Å²) in [5, 5.41) is 11.8. The second-order valence-corrected chi connectivity index (χ2v) is 8.51. The number of H-pyrrole nitrogens is 1. The lowest BCUT2D eigenvalue weighted by atomic mass is 9.91. The van der Waals surface area contributed by atoms with Gasteiger partial charge in [0.25, 0.3) is 5.91 Å². The van der Waals surface area contributed by atoms with Gasteiger partial charge in [-0.05, 0) is 81.4 Å². The van der Waals surface area contributed by atoms with E-state index in [1.165, 1.54) is 56.5 Å². The highest BCUT2D eigenvalue weighted by Crippen LogP contribution is 2.33. The van der Waals surface area contributed by atoms with Crippen LogP contribution in [0.4, 0.5) is 10.1 Å².